The molecule has 6 nitrogen and oxygen atoms in total. The fourth-order valence-electron chi connectivity index (χ4n) is 2.86. The summed E-state index contributed by atoms with van der Waals surface area (Å²) in [4.78, 5) is 12.4. The zero-order chi connectivity index (χ0) is 23.5. The van der Waals surface area contributed by atoms with Gasteiger partial charge in [-0.05, 0) is 72.6 Å². The van der Waals surface area contributed by atoms with E-state index in [1.165, 1.54) is 0 Å². The van der Waals surface area contributed by atoms with Crippen LogP contribution in [0.4, 0.5) is 0 Å². The molecule has 0 fully saturated rings. The van der Waals surface area contributed by atoms with E-state index >= 15 is 0 Å². The summed E-state index contributed by atoms with van der Waals surface area (Å²) < 4.78 is 16.9. The average Bonchev–Trinajstić information content (AvgIpc) is 2.83. The molecular weight excluding hydrogens is 440 g/mol. The van der Waals surface area contributed by atoms with Crippen LogP contribution in [0.1, 0.15) is 28.4 Å². The largest absolute Gasteiger partial charge is 0.490 e. The van der Waals surface area contributed by atoms with Gasteiger partial charge in [0.05, 0.1) is 12.8 Å². The molecule has 7 heteroatoms. The highest BCUT2D eigenvalue weighted by atomic mass is 35.5. The molecule has 33 heavy (non-hydrogen) atoms. The number of amides is 1. The molecule has 0 aliphatic heterocycles. The van der Waals surface area contributed by atoms with Crippen LogP contribution in [0.25, 0.3) is 0 Å². The number of hydrogen-bond donors (Lipinski definition) is 1. The van der Waals surface area contributed by atoms with Gasteiger partial charge in [0.25, 0.3) is 5.91 Å². The summed E-state index contributed by atoms with van der Waals surface area (Å²) in [5.41, 5.74) is 4.73. The molecule has 170 valence electrons. The van der Waals surface area contributed by atoms with Crippen molar-refractivity contribution in [2.75, 3.05) is 13.2 Å². The Morgan fingerprint density at radius 2 is 1.85 bits per heavy atom. The van der Waals surface area contributed by atoms with Gasteiger partial charge in [0.2, 0.25) is 0 Å². The van der Waals surface area contributed by atoms with Crippen molar-refractivity contribution in [2.24, 2.45) is 5.10 Å². The Morgan fingerprint density at radius 1 is 1.03 bits per heavy atom. The van der Waals surface area contributed by atoms with Crippen LogP contribution in [0.3, 0.4) is 0 Å². The van der Waals surface area contributed by atoms with E-state index in [2.05, 4.69) is 17.1 Å². The molecule has 0 unspecified atom stereocenters. The number of carbonyl (C=O) groups excluding carboxylic acids is 1. The van der Waals surface area contributed by atoms with Crippen LogP contribution in [0.15, 0.2) is 84.5 Å². The van der Waals surface area contributed by atoms with Gasteiger partial charge in [0, 0.05) is 10.6 Å². The zero-order valence-corrected chi connectivity index (χ0v) is 19.0. The maximum atomic E-state index is 12.4. The molecule has 1 amide bonds. The fourth-order valence-corrected chi connectivity index (χ4v) is 3.07. The fraction of sp³-hybridized carbons (Fsp3) is 0.154. The normalized spacial score (nSPS) is 10.6. The molecule has 0 saturated carbocycles. The highest BCUT2D eigenvalue weighted by Crippen LogP contribution is 2.28. The third-order valence-electron chi connectivity index (χ3n) is 4.42. The van der Waals surface area contributed by atoms with Crippen LogP contribution < -0.4 is 19.6 Å². The Morgan fingerprint density at radius 3 is 2.58 bits per heavy atom. The van der Waals surface area contributed by atoms with E-state index in [0.717, 1.165) is 16.9 Å². The van der Waals surface area contributed by atoms with Crippen LogP contribution in [0, 0.1) is 0 Å². The van der Waals surface area contributed by atoms with Crippen LogP contribution in [0.5, 0.6) is 17.2 Å². The van der Waals surface area contributed by atoms with Crippen molar-refractivity contribution in [2.45, 2.75) is 13.5 Å². The van der Waals surface area contributed by atoms with Crippen molar-refractivity contribution in [1.82, 2.24) is 5.43 Å². The summed E-state index contributed by atoms with van der Waals surface area (Å²) in [7, 11) is 0. The van der Waals surface area contributed by atoms with Gasteiger partial charge in [-0.1, -0.05) is 36.4 Å². The van der Waals surface area contributed by atoms with E-state index in [0.29, 0.717) is 41.9 Å². The smallest absolute Gasteiger partial charge is 0.271 e. The summed E-state index contributed by atoms with van der Waals surface area (Å²) >= 11 is 5.99. The zero-order valence-electron chi connectivity index (χ0n) is 18.3. The predicted molar refractivity (Wildman–Crippen MR) is 131 cm³/mol. The number of nitrogens with one attached hydrogen (secondary N) is 1. The van der Waals surface area contributed by atoms with E-state index in [1.807, 2.05) is 55.5 Å². The molecule has 0 atom stereocenters. The van der Waals surface area contributed by atoms with Crippen molar-refractivity contribution >= 4 is 23.7 Å². The number of halogens is 1. The number of carbonyl (C=O) groups is 1. The van der Waals surface area contributed by atoms with Crippen molar-refractivity contribution in [3.63, 3.8) is 0 Å². The van der Waals surface area contributed by atoms with Gasteiger partial charge in [-0.3, -0.25) is 4.79 Å². The summed E-state index contributed by atoms with van der Waals surface area (Å²) in [5.74, 6) is 1.40. The first-order valence-corrected chi connectivity index (χ1v) is 10.8. The predicted octanol–water partition coefficient (Wildman–Crippen LogP) is 5.65. The lowest BCUT2D eigenvalue weighted by Crippen LogP contribution is -2.17. The molecular formula is C26H25ClN2O4. The number of nitrogens with zero attached hydrogens (tertiary/aromatic N) is 1. The maximum Gasteiger partial charge on any atom is 0.271 e. The summed E-state index contributed by atoms with van der Waals surface area (Å²) in [6, 6.07) is 19.9. The second kappa shape index (κ2) is 12.3. The van der Waals surface area contributed by atoms with Crippen LogP contribution >= 0.6 is 11.6 Å². The highest BCUT2D eigenvalue weighted by Gasteiger charge is 2.11. The van der Waals surface area contributed by atoms with E-state index in [1.54, 1.807) is 30.5 Å². The van der Waals surface area contributed by atoms with Gasteiger partial charge in [-0.25, -0.2) is 5.43 Å². The quantitative estimate of drug-likeness (QED) is 0.226. The van der Waals surface area contributed by atoms with Crippen molar-refractivity contribution in [1.29, 1.82) is 0 Å². The second-order valence-corrected chi connectivity index (χ2v) is 7.32. The second-order valence-electron chi connectivity index (χ2n) is 6.88. The first-order valence-electron chi connectivity index (χ1n) is 10.4. The number of rotatable bonds is 11. The number of benzene rings is 3. The number of hydrogen-bond acceptors (Lipinski definition) is 5. The molecule has 3 aromatic rings. The van der Waals surface area contributed by atoms with E-state index in [4.69, 9.17) is 25.8 Å². The lowest BCUT2D eigenvalue weighted by Gasteiger charge is -2.12. The van der Waals surface area contributed by atoms with Crippen LogP contribution in [-0.2, 0) is 6.61 Å². The summed E-state index contributed by atoms with van der Waals surface area (Å²) in [6.45, 7) is 6.71. The Labute approximate surface area is 198 Å². The Bertz CT molecular complexity index is 1110. The minimum absolute atomic E-state index is 0.348. The molecule has 0 radical (unpaired) electrons. The summed E-state index contributed by atoms with van der Waals surface area (Å²) in [6.07, 6.45) is 3.20. The lowest BCUT2D eigenvalue weighted by atomic mass is 10.2. The van der Waals surface area contributed by atoms with Crippen molar-refractivity contribution in [3.05, 3.63) is 101 Å². The first kappa shape index (κ1) is 23.9. The molecule has 0 aliphatic carbocycles. The standard InChI is InChI=1S/C26H25ClN2O4/c1-3-14-32-24-13-10-21(16-25(24)31-4-2)26(30)29-28-17-19-8-11-23(12-9-19)33-18-20-6-5-7-22(27)15-20/h3,5-13,15-17H,1,4,14,18H2,2H3,(H,29,30)/b28-17+. The molecule has 3 rings (SSSR count). The van der Waals surface area contributed by atoms with E-state index < -0.39 is 0 Å². The summed E-state index contributed by atoms with van der Waals surface area (Å²) in [5, 5.41) is 4.71. The van der Waals surface area contributed by atoms with Gasteiger partial charge >= 0.3 is 0 Å². The molecule has 0 spiro atoms. The van der Waals surface area contributed by atoms with Gasteiger partial charge in [0.1, 0.15) is 19.0 Å². The van der Waals surface area contributed by atoms with E-state index in [-0.39, 0.29) is 5.91 Å². The minimum Gasteiger partial charge on any atom is -0.490 e. The van der Waals surface area contributed by atoms with Gasteiger partial charge in [-0.15, -0.1) is 0 Å². The van der Waals surface area contributed by atoms with Gasteiger partial charge in [-0.2, -0.15) is 5.10 Å². The van der Waals surface area contributed by atoms with Crippen molar-refractivity contribution < 1.29 is 19.0 Å². The first-order chi connectivity index (χ1) is 16.1. The third-order valence-corrected chi connectivity index (χ3v) is 4.65. The molecule has 0 bridgehead atoms. The van der Waals surface area contributed by atoms with Crippen LogP contribution in [0.2, 0.25) is 5.02 Å². The maximum absolute atomic E-state index is 12.4. The Kier molecular flexibility index (Phi) is 8.91. The van der Waals surface area contributed by atoms with Gasteiger partial charge in [0.15, 0.2) is 11.5 Å². The number of hydrazone groups is 1. The lowest BCUT2D eigenvalue weighted by molar-refractivity contribution is 0.0954. The minimum atomic E-state index is -0.357. The molecule has 3 aromatic carbocycles. The molecule has 0 aliphatic rings. The number of ether oxygens (including phenoxy) is 3. The molecule has 0 saturated heterocycles. The Balaban J connectivity index is 1.55. The monoisotopic (exact) mass is 464 g/mol. The van der Waals surface area contributed by atoms with E-state index in [9.17, 15) is 4.79 Å². The van der Waals surface area contributed by atoms with Gasteiger partial charge < -0.3 is 14.2 Å². The molecule has 1 N–H and O–H groups in total. The topological polar surface area (TPSA) is 69.2 Å². The SMILES string of the molecule is C=CCOc1ccc(C(=O)N/N=C/c2ccc(OCc3cccc(Cl)c3)cc2)cc1OCC. The third kappa shape index (κ3) is 7.40. The molecule has 0 heterocycles. The van der Waals surface area contributed by atoms with Crippen molar-refractivity contribution in [3.8, 4) is 17.2 Å². The van der Waals surface area contributed by atoms with Crippen LogP contribution in [-0.4, -0.2) is 25.3 Å². The average molecular weight is 465 g/mol. The Hall–Kier alpha value is -3.77. The molecule has 0 aromatic heterocycles. The highest BCUT2D eigenvalue weighted by molar-refractivity contribution is 6.30.